The summed E-state index contributed by atoms with van der Waals surface area (Å²) < 4.78 is 25.9. The number of nitrogens with zero attached hydrogens (tertiary/aromatic N) is 1. The van der Waals surface area contributed by atoms with Gasteiger partial charge in [0.2, 0.25) is 10.0 Å². The van der Waals surface area contributed by atoms with Crippen molar-refractivity contribution in [3.8, 4) is 6.07 Å². The lowest BCUT2D eigenvalue weighted by molar-refractivity contribution is 0.549. The van der Waals surface area contributed by atoms with E-state index in [4.69, 9.17) is 5.26 Å². The second kappa shape index (κ2) is 7.93. The third-order valence-corrected chi connectivity index (χ3v) is 5.01. The van der Waals surface area contributed by atoms with E-state index in [9.17, 15) is 8.42 Å². The van der Waals surface area contributed by atoms with Crippen molar-refractivity contribution >= 4 is 21.8 Å². The number of thioether (sulfide) groups is 1. The fraction of sp³-hybridized carbons (Fsp3) is 0.900. The summed E-state index contributed by atoms with van der Waals surface area (Å²) in [6.45, 7) is 5.60. The normalized spacial score (nSPS) is 15.4. The molecule has 0 saturated carbocycles. The Hall–Kier alpha value is -0.250. The maximum absolute atomic E-state index is 11.7. The Morgan fingerprint density at radius 3 is 2.50 bits per heavy atom. The van der Waals surface area contributed by atoms with Crippen LogP contribution >= 0.6 is 11.8 Å². The molecule has 0 aliphatic heterocycles. The molecule has 0 aromatic heterocycles. The monoisotopic (exact) mass is 264 g/mol. The van der Waals surface area contributed by atoms with Crippen LogP contribution in [0.4, 0.5) is 0 Å². The summed E-state index contributed by atoms with van der Waals surface area (Å²) in [7, 11) is -3.48. The molecule has 0 heterocycles. The van der Waals surface area contributed by atoms with Gasteiger partial charge in [0.25, 0.3) is 0 Å². The molecule has 0 radical (unpaired) electrons. The van der Waals surface area contributed by atoms with Crippen LogP contribution in [0.15, 0.2) is 0 Å². The van der Waals surface area contributed by atoms with Crippen LogP contribution in [0.25, 0.3) is 0 Å². The minimum atomic E-state index is -3.48. The van der Waals surface area contributed by atoms with Gasteiger partial charge < -0.3 is 0 Å². The summed E-state index contributed by atoms with van der Waals surface area (Å²) in [6.07, 6.45) is 1.11. The van der Waals surface area contributed by atoms with Crippen molar-refractivity contribution in [2.24, 2.45) is 0 Å². The Labute approximate surface area is 103 Å². The average molecular weight is 264 g/mol. The molecule has 16 heavy (non-hydrogen) atoms. The van der Waals surface area contributed by atoms with Gasteiger partial charge in [0.1, 0.15) is 0 Å². The van der Waals surface area contributed by atoms with E-state index in [1.165, 1.54) is 0 Å². The van der Waals surface area contributed by atoms with Gasteiger partial charge in [-0.2, -0.15) is 17.0 Å². The number of sulfonamides is 1. The molecule has 2 atom stereocenters. The van der Waals surface area contributed by atoms with Crippen molar-refractivity contribution in [1.29, 1.82) is 5.26 Å². The van der Waals surface area contributed by atoms with Gasteiger partial charge in [-0.25, -0.2) is 13.1 Å². The maximum atomic E-state index is 11.7. The summed E-state index contributed by atoms with van der Waals surface area (Å²) in [5.74, 6) is 1.97. The molecule has 0 spiro atoms. The molecule has 4 nitrogen and oxygen atoms in total. The van der Waals surface area contributed by atoms with Crippen LogP contribution in [0.1, 0.15) is 33.6 Å². The molecule has 0 aliphatic rings. The van der Waals surface area contributed by atoms with Crippen LogP contribution in [-0.2, 0) is 10.0 Å². The molecule has 94 valence electrons. The van der Waals surface area contributed by atoms with E-state index in [2.05, 4.69) is 11.6 Å². The third-order valence-electron chi connectivity index (χ3n) is 2.15. The zero-order chi connectivity index (χ0) is 12.6. The van der Waals surface area contributed by atoms with Crippen molar-refractivity contribution in [3.63, 3.8) is 0 Å². The van der Waals surface area contributed by atoms with E-state index in [1.807, 2.05) is 13.0 Å². The van der Waals surface area contributed by atoms with Crippen molar-refractivity contribution in [1.82, 2.24) is 4.72 Å². The highest BCUT2D eigenvalue weighted by Gasteiger charge is 2.24. The van der Waals surface area contributed by atoms with E-state index >= 15 is 0 Å². The first-order valence-corrected chi connectivity index (χ1v) is 8.16. The predicted octanol–water partition coefficient (Wildman–Crippen LogP) is 1.74. The van der Waals surface area contributed by atoms with E-state index in [-0.39, 0.29) is 6.04 Å². The van der Waals surface area contributed by atoms with Gasteiger partial charge in [-0.1, -0.05) is 13.8 Å². The van der Waals surface area contributed by atoms with Gasteiger partial charge >= 0.3 is 0 Å². The summed E-state index contributed by atoms with van der Waals surface area (Å²) in [5.41, 5.74) is 0. The topological polar surface area (TPSA) is 70.0 Å². The second-order valence-corrected chi connectivity index (χ2v) is 6.86. The number of hydrogen-bond acceptors (Lipinski definition) is 4. The number of nitriles is 1. The Balaban J connectivity index is 4.21. The zero-order valence-corrected chi connectivity index (χ0v) is 11.7. The van der Waals surface area contributed by atoms with Gasteiger partial charge in [-0.3, -0.25) is 0 Å². The minimum absolute atomic E-state index is 0.105. The summed E-state index contributed by atoms with van der Waals surface area (Å²) in [5, 5.41) is 7.78. The van der Waals surface area contributed by atoms with E-state index < -0.39 is 15.3 Å². The summed E-state index contributed by atoms with van der Waals surface area (Å²) in [4.78, 5) is 0. The lowest BCUT2D eigenvalue weighted by Crippen LogP contribution is -2.39. The zero-order valence-electron chi connectivity index (χ0n) is 10.1. The second-order valence-electron chi connectivity index (χ2n) is 3.58. The van der Waals surface area contributed by atoms with Crippen LogP contribution in [0.2, 0.25) is 0 Å². The largest absolute Gasteiger partial charge is 0.228 e. The summed E-state index contributed by atoms with van der Waals surface area (Å²) in [6, 6.07) is 1.70. The number of hydrogen-bond donors (Lipinski definition) is 1. The Bertz CT molecular complexity index is 322. The maximum Gasteiger partial charge on any atom is 0.228 e. The van der Waals surface area contributed by atoms with Crippen LogP contribution in [0.3, 0.4) is 0 Å². The molecule has 6 heteroatoms. The molecule has 1 N–H and O–H groups in total. The van der Waals surface area contributed by atoms with Gasteiger partial charge in [0.05, 0.1) is 6.07 Å². The third kappa shape index (κ3) is 5.73. The molecule has 0 saturated heterocycles. The molecule has 0 aliphatic carbocycles. The standard InChI is InChI=1S/C10H20N2O2S2/c1-4-10(8-11)16(13,14)12-9(3)6-7-15-5-2/h9-10,12H,4-7H2,1-3H3. The lowest BCUT2D eigenvalue weighted by atomic mass is 10.3. The Morgan fingerprint density at radius 1 is 1.44 bits per heavy atom. The van der Waals surface area contributed by atoms with Gasteiger partial charge in [-0.05, 0) is 31.3 Å². The minimum Gasteiger partial charge on any atom is -0.211 e. The van der Waals surface area contributed by atoms with Crippen LogP contribution in [-0.4, -0.2) is 31.2 Å². The fourth-order valence-corrected chi connectivity index (χ4v) is 3.44. The molecular weight excluding hydrogens is 244 g/mol. The molecule has 0 aromatic carbocycles. The van der Waals surface area contributed by atoms with Crippen molar-refractivity contribution in [2.45, 2.75) is 44.9 Å². The first kappa shape index (κ1) is 15.8. The molecule has 0 rings (SSSR count). The van der Waals surface area contributed by atoms with Gasteiger partial charge in [-0.15, -0.1) is 0 Å². The predicted molar refractivity (Wildman–Crippen MR) is 68.8 cm³/mol. The molecule has 2 unspecified atom stereocenters. The summed E-state index contributed by atoms with van der Waals surface area (Å²) >= 11 is 1.78. The Morgan fingerprint density at radius 2 is 2.06 bits per heavy atom. The SMILES string of the molecule is CCSCCC(C)NS(=O)(=O)C(C#N)CC. The van der Waals surface area contributed by atoms with E-state index in [1.54, 1.807) is 18.7 Å². The highest BCUT2D eigenvalue weighted by atomic mass is 32.2. The average Bonchev–Trinajstić information content (AvgIpc) is 2.18. The lowest BCUT2D eigenvalue weighted by Gasteiger charge is -2.15. The van der Waals surface area contributed by atoms with Crippen molar-refractivity contribution in [3.05, 3.63) is 0 Å². The number of rotatable bonds is 8. The molecule has 0 fully saturated rings. The first-order valence-electron chi connectivity index (χ1n) is 5.46. The molecule has 0 amide bonds. The first-order chi connectivity index (χ1) is 7.47. The fourth-order valence-electron chi connectivity index (χ4n) is 1.21. The van der Waals surface area contributed by atoms with Gasteiger partial charge in [0, 0.05) is 6.04 Å². The molecular formula is C10H20N2O2S2. The van der Waals surface area contributed by atoms with Crippen LogP contribution in [0, 0.1) is 11.3 Å². The van der Waals surface area contributed by atoms with Crippen molar-refractivity contribution < 1.29 is 8.42 Å². The highest BCUT2D eigenvalue weighted by Crippen LogP contribution is 2.08. The molecule has 0 bridgehead atoms. The van der Waals surface area contributed by atoms with E-state index in [0.717, 1.165) is 17.9 Å². The smallest absolute Gasteiger partial charge is 0.211 e. The van der Waals surface area contributed by atoms with E-state index in [0.29, 0.717) is 6.42 Å². The Kier molecular flexibility index (Phi) is 7.81. The van der Waals surface area contributed by atoms with Crippen LogP contribution in [0.5, 0.6) is 0 Å². The molecule has 0 aromatic rings. The van der Waals surface area contributed by atoms with Gasteiger partial charge in [0.15, 0.2) is 5.25 Å². The number of nitrogens with one attached hydrogen (secondary N) is 1. The quantitative estimate of drug-likeness (QED) is 0.678. The van der Waals surface area contributed by atoms with Crippen LogP contribution < -0.4 is 4.72 Å². The highest BCUT2D eigenvalue weighted by molar-refractivity contribution is 7.99. The van der Waals surface area contributed by atoms with Crippen molar-refractivity contribution in [2.75, 3.05) is 11.5 Å².